The lowest BCUT2D eigenvalue weighted by atomic mass is 9.86. The quantitative estimate of drug-likeness (QED) is 0.897. The molecule has 2 aliphatic rings. The summed E-state index contributed by atoms with van der Waals surface area (Å²) in [7, 11) is 2.08. The van der Waals surface area contributed by atoms with Gasteiger partial charge in [-0.3, -0.25) is 4.90 Å². The normalized spacial score (nSPS) is 28.8. The maximum absolute atomic E-state index is 10.1. The van der Waals surface area contributed by atoms with E-state index in [-0.39, 0.29) is 12.1 Å². The number of nitrogens with zero attached hydrogens (tertiary/aromatic N) is 3. The third-order valence-corrected chi connectivity index (χ3v) is 4.81. The molecular formula is C15H25N3O2. The topological polar surface area (TPSA) is 62.4 Å². The second-order valence-electron chi connectivity index (χ2n) is 6.49. The maximum Gasteiger partial charge on any atom is 0.243 e. The van der Waals surface area contributed by atoms with Crippen LogP contribution in [-0.4, -0.2) is 39.8 Å². The zero-order chi connectivity index (χ0) is 14.1. The maximum atomic E-state index is 10.1. The predicted molar refractivity (Wildman–Crippen MR) is 75.3 cm³/mol. The highest BCUT2D eigenvalue weighted by atomic mass is 16.5. The van der Waals surface area contributed by atoms with Crippen molar-refractivity contribution in [3.05, 3.63) is 11.7 Å². The van der Waals surface area contributed by atoms with Gasteiger partial charge in [-0.05, 0) is 45.6 Å². The molecule has 3 unspecified atom stereocenters. The second kappa shape index (κ2) is 5.82. The Labute approximate surface area is 120 Å². The molecule has 3 rings (SSSR count). The number of aliphatic hydroxyl groups is 1. The molecule has 3 atom stereocenters. The lowest BCUT2D eigenvalue weighted by Crippen LogP contribution is -2.36. The molecule has 5 heteroatoms. The smallest absolute Gasteiger partial charge is 0.243 e. The van der Waals surface area contributed by atoms with E-state index in [0.717, 1.165) is 31.6 Å². The monoisotopic (exact) mass is 279 g/mol. The van der Waals surface area contributed by atoms with Crippen LogP contribution in [0, 0.1) is 5.92 Å². The Morgan fingerprint density at radius 1 is 1.30 bits per heavy atom. The Kier molecular flexibility index (Phi) is 4.08. The van der Waals surface area contributed by atoms with Gasteiger partial charge in [0.15, 0.2) is 5.82 Å². The highest BCUT2D eigenvalue weighted by Crippen LogP contribution is 2.38. The lowest BCUT2D eigenvalue weighted by Gasteiger charge is -2.32. The zero-order valence-electron chi connectivity index (χ0n) is 12.5. The minimum absolute atomic E-state index is 0.115. The van der Waals surface area contributed by atoms with Gasteiger partial charge in [-0.15, -0.1) is 0 Å². The van der Waals surface area contributed by atoms with Gasteiger partial charge in [-0.25, -0.2) is 0 Å². The Morgan fingerprint density at radius 2 is 2.05 bits per heavy atom. The van der Waals surface area contributed by atoms with Crippen LogP contribution in [0.1, 0.15) is 69.1 Å². The highest BCUT2D eigenvalue weighted by Gasteiger charge is 2.31. The average Bonchev–Trinajstić information content (AvgIpc) is 3.18. The molecule has 1 heterocycles. The second-order valence-corrected chi connectivity index (χ2v) is 6.49. The number of hydrogen-bond donors (Lipinski definition) is 1. The summed E-state index contributed by atoms with van der Waals surface area (Å²) in [6, 6.07) is 0.115. The van der Waals surface area contributed by atoms with Crippen LogP contribution in [0.3, 0.4) is 0 Å². The molecule has 0 amide bonds. The van der Waals surface area contributed by atoms with E-state index in [1.807, 2.05) is 0 Å². The molecular weight excluding hydrogens is 254 g/mol. The molecule has 0 saturated heterocycles. The van der Waals surface area contributed by atoms with Gasteiger partial charge in [-0.2, -0.15) is 4.98 Å². The molecule has 1 N–H and O–H groups in total. The average molecular weight is 279 g/mol. The van der Waals surface area contributed by atoms with Gasteiger partial charge >= 0.3 is 0 Å². The van der Waals surface area contributed by atoms with Crippen LogP contribution >= 0.6 is 0 Å². The van der Waals surface area contributed by atoms with E-state index in [9.17, 15) is 5.11 Å². The minimum Gasteiger partial charge on any atom is -0.393 e. The van der Waals surface area contributed by atoms with Crippen LogP contribution in [0.5, 0.6) is 0 Å². The number of rotatable bonds is 5. The molecule has 2 fully saturated rings. The fourth-order valence-corrected chi connectivity index (χ4v) is 3.04. The summed E-state index contributed by atoms with van der Waals surface area (Å²) in [5.41, 5.74) is 0. The summed E-state index contributed by atoms with van der Waals surface area (Å²) in [6.07, 6.45) is 6.69. The molecule has 1 aromatic heterocycles. The number of hydrogen-bond acceptors (Lipinski definition) is 5. The summed E-state index contributed by atoms with van der Waals surface area (Å²) in [5, 5.41) is 14.2. The Morgan fingerprint density at radius 3 is 2.75 bits per heavy atom. The fourth-order valence-electron chi connectivity index (χ4n) is 3.04. The molecule has 0 spiro atoms. The van der Waals surface area contributed by atoms with Gasteiger partial charge in [0.05, 0.1) is 12.1 Å². The van der Waals surface area contributed by atoms with Crippen molar-refractivity contribution in [1.82, 2.24) is 15.0 Å². The molecule has 0 bridgehead atoms. The molecule has 2 aliphatic carbocycles. The van der Waals surface area contributed by atoms with Gasteiger partial charge in [-0.1, -0.05) is 18.0 Å². The number of aliphatic hydroxyl groups excluding tert-OH is 1. The molecule has 2 saturated carbocycles. The first-order valence-corrected chi connectivity index (χ1v) is 7.87. The predicted octanol–water partition coefficient (Wildman–Crippen LogP) is 2.49. The Hall–Kier alpha value is -0.940. The fraction of sp³-hybridized carbons (Fsp3) is 0.867. The lowest BCUT2D eigenvalue weighted by molar-refractivity contribution is 0.0415. The van der Waals surface area contributed by atoms with Crippen LogP contribution in [0.25, 0.3) is 0 Å². The molecule has 1 aromatic rings. The summed E-state index contributed by atoms with van der Waals surface area (Å²) < 4.78 is 5.40. The van der Waals surface area contributed by atoms with Crippen molar-refractivity contribution in [3.8, 4) is 0 Å². The van der Waals surface area contributed by atoms with Crippen molar-refractivity contribution < 1.29 is 9.63 Å². The number of aromatic nitrogens is 2. The van der Waals surface area contributed by atoms with Crippen molar-refractivity contribution in [2.75, 3.05) is 13.6 Å². The molecule has 0 aliphatic heterocycles. The van der Waals surface area contributed by atoms with E-state index >= 15 is 0 Å². The van der Waals surface area contributed by atoms with Gasteiger partial charge in [0.1, 0.15) is 0 Å². The molecule has 20 heavy (non-hydrogen) atoms. The summed E-state index contributed by atoms with van der Waals surface area (Å²) in [4.78, 5) is 6.75. The highest BCUT2D eigenvalue weighted by molar-refractivity contribution is 5.04. The van der Waals surface area contributed by atoms with Crippen LogP contribution < -0.4 is 0 Å². The SMILES string of the molecule is CC(c1nc(C2CC2)no1)N(C)CC1CCCCC1O. The summed E-state index contributed by atoms with van der Waals surface area (Å²) in [5.74, 6) is 2.49. The van der Waals surface area contributed by atoms with Crippen LogP contribution in [0.2, 0.25) is 0 Å². The molecule has 5 nitrogen and oxygen atoms in total. The first kappa shape index (κ1) is 14.0. The molecule has 0 radical (unpaired) electrons. The van der Waals surface area contributed by atoms with E-state index in [2.05, 4.69) is 29.0 Å². The van der Waals surface area contributed by atoms with Crippen molar-refractivity contribution in [1.29, 1.82) is 0 Å². The van der Waals surface area contributed by atoms with Crippen molar-refractivity contribution in [2.45, 2.75) is 63.5 Å². The van der Waals surface area contributed by atoms with Crippen molar-refractivity contribution in [2.24, 2.45) is 5.92 Å². The van der Waals surface area contributed by atoms with Crippen LogP contribution in [0.4, 0.5) is 0 Å². The van der Waals surface area contributed by atoms with Gasteiger partial charge < -0.3 is 9.63 Å². The van der Waals surface area contributed by atoms with Gasteiger partial charge in [0, 0.05) is 12.5 Å². The first-order chi connectivity index (χ1) is 9.65. The van der Waals surface area contributed by atoms with Crippen LogP contribution in [0.15, 0.2) is 4.52 Å². The summed E-state index contributed by atoms with van der Waals surface area (Å²) >= 11 is 0. The van der Waals surface area contributed by atoms with E-state index < -0.39 is 0 Å². The Balaban J connectivity index is 1.58. The van der Waals surface area contributed by atoms with Crippen molar-refractivity contribution >= 4 is 0 Å². The standard InChI is InChI=1S/C15H25N3O2/c1-10(15-16-14(17-20-15)11-7-8-11)18(2)9-12-5-3-4-6-13(12)19/h10-13,19H,3-9H2,1-2H3. The Bertz CT molecular complexity index is 444. The van der Waals surface area contributed by atoms with Gasteiger partial charge in [0.2, 0.25) is 5.89 Å². The van der Waals surface area contributed by atoms with E-state index in [0.29, 0.717) is 17.7 Å². The zero-order valence-corrected chi connectivity index (χ0v) is 12.5. The van der Waals surface area contributed by atoms with Crippen molar-refractivity contribution in [3.63, 3.8) is 0 Å². The minimum atomic E-state index is -0.150. The largest absolute Gasteiger partial charge is 0.393 e. The molecule has 112 valence electrons. The third-order valence-electron chi connectivity index (χ3n) is 4.81. The van der Waals surface area contributed by atoms with Gasteiger partial charge in [0.25, 0.3) is 0 Å². The van der Waals surface area contributed by atoms with E-state index in [1.165, 1.54) is 19.3 Å². The van der Waals surface area contributed by atoms with Crippen LogP contribution in [-0.2, 0) is 0 Å². The van der Waals surface area contributed by atoms with E-state index in [1.54, 1.807) is 0 Å². The summed E-state index contributed by atoms with van der Waals surface area (Å²) in [6.45, 7) is 2.99. The van der Waals surface area contributed by atoms with E-state index in [4.69, 9.17) is 4.52 Å². The molecule has 0 aromatic carbocycles. The first-order valence-electron chi connectivity index (χ1n) is 7.87. The third kappa shape index (κ3) is 3.04.